The van der Waals surface area contributed by atoms with Crippen molar-refractivity contribution in [3.8, 4) is 0 Å². The molecule has 7 aromatic rings. The highest BCUT2D eigenvalue weighted by atomic mass is 32.2. The quantitative estimate of drug-likeness (QED) is 0.0495. The first kappa shape index (κ1) is 47.4. The van der Waals surface area contributed by atoms with E-state index in [4.69, 9.17) is 0 Å². The van der Waals surface area contributed by atoms with Crippen molar-refractivity contribution in [1.29, 1.82) is 0 Å². The number of rotatable bonds is 14. The average molecular weight is 994 g/mol. The number of hydrogen-bond donors (Lipinski definition) is 7. The molecular weight excluding hydrogens is 967 g/mol. The maximum Gasteiger partial charge on any atom is 0.348 e. The van der Waals surface area contributed by atoms with Gasteiger partial charge in [0.2, 0.25) is 0 Å². The first-order valence-electron chi connectivity index (χ1n) is 18.3. The predicted molar refractivity (Wildman–Crippen MR) is 231 cm³/mol. The number of nitrogens with zero attached hydrogens (tertiary/aromatic N) is 6. The molecule has 0 saturated carbocycles. The minimum absolute atomic E-state index is 0.000518. The molecule has 0 bridgehead atoms. The minimum Gasteiger partial charge on any atom is -0.478 e. The SMILES string of the molecule is O=C(O)c1cc(N=Nc2ccc3cc(S(=O)(=O)O)cc(S(=O)(=O)O)c3c2)ccc1Cc1nc(Cc2ccc(N=Nc3ccc4cc(S(=O)(=O)O)cc(S(=O)(=O)O)c4c3)cc2C(=O)O)[nH]c(=O)n1. The molecule has 0 atom stereocenters. The number of benzene rings is 6. The lowest BCUT2D eigenvalue weighted by molar-refractivity contribution is 0.0685. The van der Waals surface area contributed by atoms with Crippen molar-refractivity contribution < 1.29 is 71.7 Å². The highest BCUT2D eigenvalue weighted by molar-refractivity contribution is 7.87. The molecule has 24 nitrogen and oxygen atoms in total. The lowest BCUT2D eigenvalue weighted by Gasteiger charge is -2.09. The predicted octanol–water partition coefficient (Wildman–Crippen LogP) is 5.87. The van der Waals surface area contributed by atoms with Crippen molar-refractivity contribution >= 4 is 96.7 Å². The van der Waals surface area contributed by atoms with E-state index >= 15 is 0 Å². The van der Waals surface area contributed by atoms with E-state index in [1.807, 2.05) is 0 Å². The summed E-state index contributed by atoms with van der Waals surface area (Å²) < 4.78 is 133. The van der Waals surface area contributed by atoms with Crippen molar-refractivity contribution in [2.75, 3.05) is 0 Å². The van der Waals surface area contributed by atoms with Gasteiger partial charge < -0.3 is 10.2 Å². The summed E-state index contributed by atoms with van der Waals surface area (Å²) in [6.07, 6.45) is -0.580. The molecule has 6 aromatic carbocycles. The smallest absolute Gasteiger partial charge is 0.348 e. The lowest BCUT2D eigenvalue weighted by atomic mass is 10.0. The monoisotopic (exact) mass is 993 g/mol. The summed E-state index contributed by atoms with van der Waals surface area (Å²) in [5.41, 5.74) is -1.26. The number of carbonyl (C=O) groups is 2. The van der Waals surface area contributed by atoms with Gasteiger partial charge in [-0.25, -0.2) is 19.4 Å². The molecule has 0 fully saturated rings. The molecule has 344 valence electrons. The molecule has 67 heavy (non-hydrogen) atoms. The summed E-state index contributed by atoms with van der Waals surface area (Å²) in [7, 11) is -19.7. The molecule has 28 heteroatoms. The Kier molecular flexibility index (Phi) is 12.5. The Bertz CT molecular complexity index is 3610. The first-order valence-corrected chi connectivity index (χ1v) is 24.1. The van der Waals surface area contributed by atoms with Crippen LogP contribution in [0.3, 0.4) is 0 Å². The van der Waals surface area contributed by atoms with Gasteiger partial charge in [0.25, 0.3) is 40.5 Å². The van der Waals surface area contributed by atoms with E-state index in [1.54, 1.807) is 0 Å². The number of aromatic carboxylic acids is 2. The normalized spacial score (nSPS) is 12.7. The van der Waals surface area contributed by atoms with Crippen LogP contribution >= 0.6 is 0 Å². The van der Waals surface area contributed by atoms with Gasteiger partial charge in [0.15, 0.2) is 0 Å². The molecule has 7 rings (SSSR count). The molecule has 1 aromatic heterocycles. The van der Waals surface area contributed by atoms with Crippen LogP contribution in [0.4, 0.5) is 22.7 Å². The highest BCUT2D eigenvalue weighted by Crippen LogP contribution is 2.34. The van der Waals surface area contributed by atoms with E-state index in [-0.39, 0.29) is 91.0 Å². The summed E-state index contributed by atoms with van der Waals surface area (Å²) in [5.74, 6) is -3.04. The van der Waals surface area contributed by atoms with Gasteiger partial charge >= 0.3 is 17.6 Å². The summed E-state index contributed by atoms with van der Waals surface area (Å²) in [4.78, 5) is 44.6. The van der Waals surface area contributed by atoms with Gasteiger partial charge in [-0.2, -0.15) is 59.1 Å². The van der Waals surface area contributed by atoms with Crippen molar-refractivity contribution in [2.24, 2.45) is 20.5 Å². The number of hydrogen-bond acceptors (Lipinski definition) is 17. The van der Waals surface area contributed by atoms with Gasteiger partial charge in [0.05, 0.1) is 43.7 Å². The van der Waals surface area contributed by atoms with Crippen LogP contribution in [0, 0.1) is 0 Å². The van der Waals surface area contributed by atoms with E-state index in [1.165, 1.54) is 48.5 Å². The first-order chi connectivity index (χ1) is 31.2. The number of fused-ring (bicyclic) bond motifs is 2. The summed E-state index contributed by atoms with van der Waals surface area (Å²) in [6.45, 7) is 0. The van der Waals surface area contributed by atoms with Crippen LogP contribution in [0.2, 0.25) is 0 Å². The second-order valence-corrected chi connectivity index (χ2v) is 19.7. The van der Waals surface area contributed by atoms with E-state index in [0.717, 1.165) is 36.4 Å². The molecule has 0 aliphatic rings. The zero-order chi connectivity index (χ0) is 48.8. The van der Waals surface area contributed by atoms with E-state index in [2.05, 4.69) is 35.4 Å². The molecule has 0 aliphatic heterocycles. The molecule has 0 aliphatic carbocycles. The van der Waals surface area contributed by atoms with Crippen molar-refractivity contribution in [3.05, 3.63) is 141 Å². The number of aromatic nitrogens is 3. The van der Waals surface area contributed by atoms with E-state index in [0.29, 0.717) is 12.1 Å². The zero-order valence-corrected chi connectivity index (χ0v) is 36.4. The maximum atomic E-state index is 12.6. The number of carboxylic acid groups (broad SMARTS) is 2. The van der Waals surface area contributed by atoms with Crippen LogP contribution in [0.15, 0.2) is 142 Å². The Morgan fingerprint density at radius 2 is 0.881 bits per heavy atom. The number of H-pyrrole nitrogens is 1. The van der Waals surface area contributed by atoms with Crippen LogP contribution < -0.4 is 5.69 Å². The van der Waals surface area contributed by atoms with Crippen LogP contribution in [-0.2, 0) is 53.3 Å². The topological polar surface area (TPSA) is 400 Å². The third-order valence-corrected chi connectivity index (χ3v) is 13.0. The Morgan fingerprint density at radius 3 is 1.27 bits per heavy atom. The molecule has 7 N–H and O–H groups in total. The molecule has 0 unspecified atom stereocenters. The molecular formula is C39H27N7O17S4. The molecule has 0 radical (unpaired) electrons. The fourth-order valence-corrected chi connectivity index (χ4v) is 9.30. The molecule has 0 amide bonds. The minimum atomic E-state index is -5.00. The third-order valence-electron chi connectivity index (χ3n) is 9.56. The van der Waals surface area contributed by atoms with Gasteiger partial charge in [0, 0.05) is 23.6 Å². The van der Waals surface area contributed by atoms with Crippen LogP contribution in [0.5, 0.6) is 0 Å². The third kappa shape index (κ3) is 10.9. The second-order valence-electron chi connectivity index (χ2n) is 14.1. The summed E-state index contributed by atoms with van der Waals surface area (Å²) in [6, 6.07) is 18.2. The number of carboxylic acids is 2. The Labute approximate surface area is 376 Å². The fourth-order valence-electron chi connectivity index (χ4n) is 6.60. The highest BCUT2D eigenvalue weighted by Gasteiger charge is 2.23. The Morgan fingerprint density at radius 1 is 0.493 bits per heavy atom. The molecule has 0 saturated heterocycles. The van der Waals surface area contributed by atoms with Gasteiger partial charge in [-0.3, -0.25) is 23.2 Å². The number of nitrogens with one attached hydrogen (secondary N) is 1. The molecule has 0 spiro atoms. The molecule has 1 heterocycles. The largest absolute Gasteiger partial charge is 0.478 e. The van der Waals surface area contributed by atoms with Gasteiger partial charge in [-0.15, -0.1) is 0 Å². The second kappa shape index (κ2) is 17.7. The lowest BCUT2D eigenvalue weighted by Crippen LogP contribution is -2.19. The van der Waals surface area contributed by atoms with Gasteiger partial charge in [0.1, 0.15) is 21.4 Å². The average Bonchev–Trinajstić information content (AvgIpc) is 3.23. The van der Waals surface area contributed by atoms with Gasteiger partial charge in [-0.05, 0) is 94.7 Å². The summed E-state index contributed by atoms with van der Waals surface area (Å²) in [5, 5.41) is 35.7. The van der Waals surface area contributed by atoms with E-state index < -0.39 is 77.7 Å². The van der Waals surface area contributed by atoms with Gasteiger partial charge in [-0.1, -0.05) is 24.3 Å². The number of azo groups is 2. The van der Waals surface area contributed by atoms with Crippen molar-refractivity contribution in [3.63, 3.8) is 0 Å². The Balaban J connectivity index is 1.12. The van der Waals surface area contributed by atoms with Crippen LogP contribution in [0.1, 0.15) is 43.5 Å². The number of aromatic amines is 1. The summed E-state index contributed by atoms with van der Waals surface area (Å²) >= 11 is 0. The van der Waals surface area contributed by atoms with Crippen molar-refractivity contribution in [2.45, 2.75) is 32.4 Å². The van der Waals surface area contributed by atoms with Crippen LogP contribution in [0.25, 0.3) is 21.5 Å². The maximum absolute atomic E-state index is 12.6. The Hall–Kier alpha value is -7.57. The van der Waals surface area contributed by atoms with Crippen LogP contribution in [-0.4, -0.2) is 89.0 Å². The fraction of sp³-hybridized carbons (Fsp3) is 0.0513. The van der Waals surface area contributed by atoms with Crippen molar-refractivity contribution in [1.82, 2.24) is 15.0 Å². The zero-order valence-electron chi connectivity index (χ0n) is 33.1. The van der Waals surface area contributed by atoms with E-state index in [9.17, 15) is 76.5 Å². The standard InChI is InChI=1S/C39H27N7O17S4/c47-37(48)31-15-25(45-43-23-5-1-19-9-27(64(52,53)54)17-33(29(19)13-23)66(58,59)60)7-3-21(31)11-35-40-36(42-39(51)41-35)12-22-4-8-26(16-32(22)38(49)50)46-44-24-6-2-20-10-28(65(55,56)57)18-34(30(20)14-24)67(61,62)63/h1-10,13-18H,11-12H2,(H,47,48)(H,49,50)(H,52,53,54)(H,55,56,57)(H,58,59,60)(H,61,62,63)(H,40,41,42,51).